The first kappa shape index (κ1) is 13.9. The molecule has 1 saturated heterocycles. The van der Waals surface area contributed by atoms with E-state index in [1.165, 1.54) is 69.4 Å². The van der Waals surface area contributed by atoms with Crippen LogP contribution in [0.2, 0.25) is 0 Å². The van der Waals surface area contributed by atoms with Crippen molar-refractivity contribution in [3.63, 3.8) is 0 Å². The summed E-state index contributed by atoms with van der Waals surface area (Å²) < 4.78 is 0. The van der Waals surface area contributed by atoms with E-state index in [0.717, 1.165) is 6.54 Å². The lowest BCUT2D eigenvalue weighted by Crippen LogP contribution is -2.36. The molecule has 1 N–H and O–H groups in total. The molecule has 2 aliphatic rings. The van der Waals surface area contributed by atoms with Crippen molar-refractivity contribution < 1.29 is 0 Å². The van der Waals surface area contributed by atoms with Crippen LogP contribution in [0.4, 0.5) is 5.69 Å². The maximum Gasteiger partial charge on any atom is 0.0366 e. The summed E-state index contributed by atoms with van der Waals surface area (Å²) in [5.74, 6) is 0. The predicted molar refractivity (Wildman–Crippen MR) is 86.2 cm³/mol. The van der Waals surface area contributed by atoms with Gasteiger partial charge in [-0.05, 0) is 55.2 Å². The first-order valence-corrected chi connectivity index (χ1v) is 8.30. The molecule has 0 bridgehead atoms. The molecule has 2 nitrogen and oxygen atoms in total. The Balaban J connectivity index is 1.48. The Labute approximate surface area is 123 Å². The van der Waals surface area contributed by atoms with E-state index in [9.17, 15) is 0 Å². The summed E-state index contributed by atoms with van der Waals surface area (Å²) in [5.41, 5.74) is 3.39. The van der Waals surface area contributed by atoms with E-state index in [1.54, 1.807) is 0 Å². The highest BCUT2D eigenvalue weighted by Gasteiger charge is 2.30. The third kappa shape index (κ3) is 3.35. The monoisotopic (exact) mass is 272 g/mol. The highest BCUT2D eigenvalue weighted by atomic mass is 15.1. The Bertz CT molecular complexity index is 414. The van der Waals surface area contributed by atoms with Gasteiger partial charge in [0.2, 0.25) is 0 Å². The van der Waals surface area contributed by atoms with Gasteiger partial charge in [0.1, 0.15) is 0 Å². The molecule has 0 radical (unpaired) electrons. The standard InChI is InChI=1S/C18H28N2/c1-18(10-5-11-18)15-19-14-16-6-8-17(9-7-16)20-12-3-2-4-13-20/h6-9,19H,2-5,10-15H2,1H3. The van der Waals surface area contributed by atoms with Gasteiger partial charge in [0.25, 0.3) is 0 Å². The van der Waals surface area contributed by atoms with E-state index in [4.69, 9.17) is 0 Å². The van der Waals surface area contributed by atoms with Crippen molar-refractivity contribution in [3.05, 3.63) is 29.8 Å². The van der Waals surface area contributed by atoms with Crippen molar-refractivity contribution in [1.82, 2.24) is 5.32 Å². The molecule has 3 rings (SSSR count). The summed E-state index contributed by atoms with van der Waals surface area (Å²) in [6.07, 6.45) is 8.31. The molecule has 2 heteroatoms. The van der Waals surface area contributed by atoms with Gasteiger partial charge in [-0.2, -0.15) is 0 Å². The summed E-state index contributed by atoms with van der Waals surface area (Å²) in [5, 5.41) is 3.63. The molecule has 110 valence electrons. The van der Waals surface area contributed by atoms with Gasteiger partial charge in [-0.3, -0.25) is 0 Å². The maximum atomic E-state index is 3.63. The van der Waals surface area contributed by atoms with Crippen molar-refractivity contribution >= 4 is 5.69 Å². The van der Waals surface area contributed by atoms with E-state index in [2.05, 4.69) is 41.4 Å². The molecule has 1 saturated carbocycles. The van der Waals surface area contributed by atoms with Crippen LogP contribution in [0, 0.1) is 5.41 Å². The molecular weight excluding hydrogens is 244 g/mol. The van der Waals surface area contributed by atoms with E-state index >= 15 is 0 Å². The third-order valence-electron chi connectivity index (χ3n) is 5.10. The minimum atomic E-state index is 0.577. The van der Waals surface area contributed by atoms with Crippen LogP contribution in [0.15, 0.2) is 24.3 Å². The number of nitrogens with one attached hydrogen (secondary N) is 1. The molecule has 1 aliphatic heterocycles. The fraction of sp³-hybridized carbons (Fsp3) is 0.667. The van der Waals surface area contributed by atoms with Gasteiger partial charge in [-0.25, -0.2) is 0 Å². The largest absolute Gasteiger partial charge is 0.372 e. The lowest BCUT2D eigenvalue weighted by molar-refractivity contribution is 0.156. The minimum Gasteiger partial charge on any atom is -0.372 e. The number of anilines is 1. The Hall–Kier alpha value is -1.02. The zero-order valence-electron chi connectivity index (χ0n) is 12.8. The van der Waals surface area contributed by atoms with Crippen LogP contribution in [0.25, 0.3) is 0 Å². The predicted octanol–water partition coefficient (Wildman–Crippen LogP) is 3.96. The van der Waals surface area contributed by atoms with Crippen LogP contribution in [0.3, 0.4) is 0 Å². The highest BCUT2D eigenvalue weighted by molar-refractivity contribution is 5.47. The van der Waals surface area contributed by atoms with E-state index < -0.39 is 0 Å². The van der Waals surface area contributed by atoms with Crippen molar-refractivity contribution in [2.75, 3.05) is 24.5 Å². The molecule has 0 atom stereocenters. The SMILES string of the molecule is CC1(CNCc2ccc(N3CCCCC3)cc2)CCC1. The van der Waals surface area contributed by atoms with Crippen molar-refractivity contribution in [1.29, 1.82) is 0 Å². The molecule has 0 aromatic heterocycles. The average Bonchev–Trinajstić information content (AvgIpc) is 2.47. The van der Waals surface area contributed by atoms with Gasteiger partial charge in [0.15, 0.2) is 0 Å². The fourth-order valence-electron chi connectivity index (χ4n) is 3.44. The lowest BCUT2D eigenvalue weighted by Gasteiger charge is -2.38. The number of hydrogen-bond donors (Lipinski definition) is 1. The molecule has 0 unspecified atom stereocenters. The average molecular weight is 272 g/mol. The molecule has 20 heavy (non-hydrogen) atoms. The van der Waals surface area contributed by atoms with Gasteiger partial charge in [0.05, 0.1) is 0 Å². The van der Waals surface area contributed by atoms with Crippen molar-refractivity contribution in [2.24, 2.45) is 5.41 Å². The summed E-state index contributed by atoms with van der Waals surface area (Å²) in [6.45, 7) is 7.05. The quantitative estimate of drug-likeness (QED) is 0.873. The van der Waals surface area contributed by atoms with Crippen LogP contribution >= 0.6 is 0 Å². The molecule has 2 fully saturated rings. The lowest BCUT2D eigenvalue weighted by atomic mass is 9.70. The molecular formula is C18H28N2. The summed E-state index contributed by atoms with van der Waals surface area (Å²) in [4.78, 5) is 2.52. The van der Waals surface area contributed by atoms with Gasteiger partial charge < -0.3 is 10.2 Å². The van der Waals surface area contributed by atoms with Gasteiger partial charge in [-0.1, -0.05) is 25.5 Å². The van der Waals surface area contributed by atoms with Gasteiger partial charge in [-0.15, -0.1) is 0 Å². The second-order valence-corrected chi connectivity index (χ2v) is 6.98. The van der Waals surface area contributed by atoms with Gasteiger partial charge >= 0.3 is 0 Å². The Morgan fingerprint density at radius 3 is 2.30 bits per heavy atom. The summed E-state index contributed by atoms with van der Waals surface area (Å²) in [6, 6.07) is 9.18. The van der Waals surface area contributed by atoms with E-state index in [1.807, 2.05) is 0 Å². The maximum absolute atomic E-state index is 3.63. The third-order valence-corrected chi connectivity index (χ3v) is 5.10. The second-order valence-electron chi connectivity index (χ2n) is 6.98. The van der Waals surface area contributed by atoms with Crippen LogP contribution < -0.4 is 10.2 Å². The summed E-state index contributed by atoms with van der Waals surface area (Å²) in [7, 11) is 0. The number of rotatable bonds is 5. The van der Waals surface area contributed by atoms with E-state index in [0.29, 0.717) is 5.41 Å². The normalized spacial score (nSPS) is 21.6. The van der Waals surface area contributed by atoms with Crippen molar-refractivity contribution in [2.45, 2.75) is 52.0 Å². The second kappa shape index (κ2) is 6.17. The van der Waals surface area contributed by atoms with Crippen LogP contribution in [-0.2, 0) is 6.54 Å². The van der Waals surface area contributed by atoms with Gasteiger partial charge in [0, 0.05) is 31.9 Å². The highest BCUT2D eigenvalue weighted by Crippen LogP contribution is 2.39. The molecule has 1 heterocycles. The van der Waals surface area contributed by atoms with Crippen LogP contribution in [0.1, 0.15) is 51.0 Å². The molecule has 1 aliphatic carbocycles. The Kier molecular flexibility index (Phi) is 4.30. The first-order valence-electron chi connectivity index (χ1n) is 8.30. The number of hydrogen-bond acceptors (Lipinski definition) is 2. The number of benzene rings is 1. The Morgan fingerprint density at radius 2 is 1.70 bits per heavy atom. The van der Waals surface area contributed by atoms with Crippen LogP contribution in [-0.4, -0.2) is 19.6 Å². The first-order chi connectivity index (χ1) is 9.75. The smallest absolute Gasteiger partial charge is 0.0366 e. The fourth-order valence-corrected chi connectivity index (χ4v) is 3.44. The topological polar surface area (TPSA) is 15.3 Å². The molecule has 1 aromatic rings. The zero-order chi connectivity index (χ0) is 13.8. The van der Waals surface area contributed by atoms with Crippen molar-refractivity contribution in [3.8, 4) is 0 Å². The number of piperidine rings is 1. The van der Waals surface area contributed by atoms with Crippen LogP contribution in [0.5, 0.6) is 0 Å². The molecule has 0 spiro atoms. The van der Waals surface area contributed by atoms with E-state index in [-0.39, 0.29) is 0 Å². The minimum absolute atomic E-state index is 0.577. The Morgan fingerprint density at radius 1 is 1.00 bits per heavy atom. The summed E-state index contributed by atoms with van der Waals surface area (Å²) >= 11 is 0. The zero-order valence-corrected chi connectivity index (χ0v) is 12.8. The molecule has 0 amide bonds. The number of nitrogens with zero attached hydrogens (tertiary/aromatic N) is 1. The molecule has 1 aromatic carbocycles.